The van der Waals surface area contributed by atoms with Crippen molar-refractivity contribution in [3.8, 4) is 5.75 Å². The van der Waals surface area contributed by atoms with Gasteiger partial charge in [0.05, 0.1) is 4.90 Å². The fraction of sp³-hybridized carbons (Fsp3) is 0.333. The zero-order valence-electron chi connectivity index (χ0n) is 10.8. The number of rotatable bonds is 4. The van der Waals surface area contributed by atoms with E-state index >= 15 is 0 Å². The molecule has 0 bridgehead atoms. The van der Waals surface area contributed by atoms with E-state index in [9.17, 15) is 18.0 Å². The lowest BCUT2D eigenvalue weighted by molar-refractivity contribution is -0.129. The number of benzene rings is 1. The minimum absolute atomic E-state index is 0.176. The summed E-state index contributed by atoms with van der Waals surface area (Å²) >= 11 is 0. The molecular weight excluding hydrogens is 284 g/mol. The van der Waals surface area contributed by atoms with Gasteiger partial charge >= 0.3 is 6.03 Å². The van der Waals surface area contributed by atoms with Crippen LogP contribution in [0, 0.1) is 0 Å². The predicted molar refractivity (Wildman–Crippen MR) is 70.2 cm³/mol. The fourth-order valence-electron chi connectivity index (χ4n) is 1.72. The molecule has 1 heterocycles. The summed E-state index contributed by atoms with van der Waals surface area (Å²) in [5, 5.41) is 2.52. The molecular formula is C12H14N2O5S. The van der Waals surface area contributed by atoms with E-state index in [-0.39, 0.29) is 11.5 Å². The summed E-state index contributed by atoms with van der Waals surface area (Å²) in [4.78, 5) is 24.2. The molecule has 1 aliphatic rings. The predicted octanol–water partition coefficient (Wildman–Crippen LogP) is 0.0207. The van der Waals surface area contributed by atoms with Gasteiger partial charge in [-0.25, -0.2) is 13.2 Å². The number of urea groups is 1. The number of hydrogen-bond acceptors (Lipinski definition) is 5. The smallest absolute Gasteiger partial charge is 0.324 e. The fourth-order valence-corrected chi connectivity index (χ4v) is 2.35. The molecule has 1 aromatic rings. The van der Waals surface area contributed by atoms with Crippen LogP contribution in [0.15, 0.2) is 29.2 Å². The minimum atomic E-state index is -3.25. The van der Waals surface area contributed by atoms with E-state index in [0.29, 0.717) is 18.8 Å². The van der Waals surface area contributed by atoms with Crippen molar-refractivity contribution < 1.29 is 22.7 Å². The van der Waals surface area contributed by atoms with Crippen molar-refractivity contribution in [1.29, 1.82) is 0 Å². The third-order valence-corrected chi connectivity index (χ3v) is 3.90. The van der Waals surface area contributed by atoms with E-state index in [1.54, 1.807) is 0 Å². The molecule has 1 aliphatic heterocycles. The van der Waals surface area contributed by atoms with Crippen LogP contribution in [0.2, 0.25) is 0 Å². The van der Waals surface area contributed by atoms with E-state index in [4.69, 9.17) is 4.74 Å². The molecule has 2 rings (SSSR count). The van der Waals surface area contributed by atoms with Gasteiger partial charge < -0.3 is 10.1 Å². The van der Waals surface area contributed by atoms with Gasteiger partial charge in [0.15, 0.2) is 16.4 Å². The molecule has 0 aliphatic carbocycles. The highest BCUT2D eigenvalue weighted by atomic mass is 32.2. The maximum absolute atomic E-state index is 11.7. The second kappa shape index (κ2) is 5.49. The summed E-state index contributed by atoms with van der Waals surface area (Å²) in [7, 11) is -3.25. The average molecular weight is 298 g/mol. The van der Waals surface area contributed by atoms with Crippen LogP contribution in [-0.4, -0.2) is 51.2 Å². The normalized spacial score (nSPS) is 15.1. The summed E-state index contributed by atoms with van der Waals surface area (Å²) in [6, 6.07) is 5.31. The number of nitrogens with zero attached hydrogens (tertiary/aromatic N) is 1. The number of sulfone groups is 1. The van der Waals surface area contributed by atoms with Crippen molar-refractivity contribution in [3.05, 3.63) is 24.3 Å². The van der Waals surface area contributed by atoms with Gasteiger partial charge in [0.25, 0.3) is 5.91 Å². The Hall–Kier alpha value is -2.09. The van der Waals surface area contributed by atoms with Crippen LogP contribution in [-0.2, 0) is 14.6 Å². The molecule has 1 saturated heterocycles. The molecule has 108 valence electrons. The highest BCUT2D eigenvalue weighted by Gasteiger charge is 2.26. The molecule has 0 aromatic heterocycles. The third-order valence-electron chi connectivity index (χ3n) is 2.77. The second-order valence-corrected chi connectivity index (χ2v) is 6.33. The van der Waals surface area contributed by atoms with Crippen LogP contribution < -0.4 is 10.1 Å². The van der Waals surface area contributed by atoms with Crippen LogP contribution in [0.1, 0.15) is 0 Å². The summed E-state index contributed by atoms with van der Waals surface area (Å²) in [5.41, 5.74) is 0. The highest BCUT2D eigenvalue weighted by molar-refractivity contribution is 7.90. The molecule has 1 aromatic carbocycles. The molecule has 8 heteroatoms. The van der Waals surface area contributed by atoms with Gasteiger partial charge in [0.1, 0.15) is 5.75 Å². The van der Waals surface area contributed by atoms with Crippen LogP contribution >= 0.6 is 0 Å². The first-order chi connectivity index (χ1) is 9.38. The second-order valence-electron chi connectivity index (χ2n) is 4.31. The van der Waals surface area contributed by atoms with Crippen molar-refractivity contribution in [3.63, 3.8) is 0 Å². The van der Waals surface area contributed by atoms with Gasteiger partial charge in [-0.3, -0.25) is 9.69 Å². The molecule has 20 heavy (non-hydrogen) atoms. The molecule has 0 spiro atoms. The average Bonchev–Trinajstić information content (AvgIpc) is 2.82. The third kappa shape index (κ3) is 3.27. The van der Waals surface area contributed by atoms with Gasteiger partial charge in [-0.1, -0.05) is 0 Å². The number of hydrogen-bond donors (Lipinski definition) is 1. The number of carbonyl (C=O) groups is 2. The Morgan fingerprint density at radius 1 is 1.35 bits per heavy atom. The summed E-state index contributed by atoms with van der Waals surface area (Å²) < 4.78 is 27.8. The Morgan fingerprint density at radius 3 is 2.50 bits per heavy atom. The van der Waals surface area contributed by atoms with Crippen molar-refractivity contribution in [1.82, 2.24) is 10.2 Å². The minimum Gasteiger partial charge on any atom is -0.484 e. The topological polar surface area (TPSA) is 92.8 Å². The quantitative estimate of drug-likeness (QED) is 0.846. The first-order valence-electron chi connectivity index (χ1n) is 5.89. The van der Waals surface area contributed by atoms with E-state index in [1.165, 1.54) is 24.3 Å². The first kappa shape index (κ1) is 14.3. The molecule has 0 saturated carbocycles. The van der Waals surface area contributed by atoms with Crippen LogP contribution in [0.4, 0.5) is 4.79 Å². The van der Waals surface area contributed by atoms with E-state index in [0.717, 1.165) is 11.2 Å². The number of ether oxygens (including phenoxy) is 1. The molecule has 3 amide bonds. The van der Waals surface area contributed by atoms with Gasteiger partial charge in [-0.05, 0) is 24.3 Å². The largest absolute Gasteiger partial charge is 0.484 e. The zero-order valence-corrected chi connectivity index (χ0v) is 11.6. The molecule has 7 nitrogen and oxygen atoms in total. The van der Waals surface area contributed by atoms with Crippen LogP contribution in [0.3, 0.4) is 0 Å². The Balaban J connectivity index is 1.94. The highest BCUT2D eigenvalue weighted by Crippen LogP contribution is 2.15. The van der Waals surface area contributed by atoms with Gasteiger partial charge in [0, 0.05) is 19.3 Å². The van der Waals surface area contributed by atoms with E-state index in [1.807, 2.05) is 0 Å². The molecule has 0 atom stereocenters. The molecule has 0 unspecified atom stereocenters. The maximum Gasteiger partial charge on any atom is 0.324 e. The van der Waals surface area contributed by atoms with Crippen LogP contribution in [0.25, 0.3) is 0 Å². The number of imide groups is 1. The van der Waals surface area contributed by atoms with Crippen molar-refractivity contribution in [2.24, 2.45) is 0 Å². The Morgan fingerprint density at radius 2 is 2.00 bits per heavy atom. The Bertz CT molecular complexity index is 624. The maximum atomic E-state index is 11.7. The van der Waals surface area contributed by atoms with Crippen molar-refractivity contribution in [2.75, 3.05) is 26.0 Å². The SMILES string of the molecule is CS(=O)(=O)c1ccc(OCC(=O)N2CCNC2=O)cc1. The Labute approximate surface area is 116 Å². The van der Waals surface area contributed by atoms with Crippen molar-refractivity contribution >= 4 is 21.8 Å². The zero-order chi connectivity index (χ0) is 14.8. The summed E-state index contributed by atoms with van der Waals surface area (Å²) in [6.07, 6.45) is 1.11. The molecule has 1 N–H and O–H groups in total. The molecule has 1 fully saturated rings. The Kier molecular flexibility index (Phi) is 3.93. The van der Waals surface area contributed by atoms with Crippen LogP contribution in [0.5, 0.6) is 5.75 Å². The number of carbonyl (C=O) groups excluding carboxylic acids is 2. The lowest BCUT2D eigenvalue weighted by Gasteiger charge is -2.12. The monoisotopic (exact) mass is 298 g/mol. The number of nitrogens with one attached hydrogen (secondary N) is 1. The first-order valence-corrected chi connectivity index (χ1v) is 7.78. The van der Waals surface area contributed by atoms with Gasteiger partial charge in [0.2, 0.25) is 0 Å². The number of amides is 3. The molecule has 0 radical (unpaired) electrons. The van der Waals surface area contributed by atoms with Crippen molar-refractivity contribution in [2.45, 2.75) is 4.90 Å². The summed E-state index contributed by atoms with van der Waals surface area (Å²) in [5.74, 6) is -0.0717. The lowest BCUT2D eigenvalue weighted by Crippen LogP contribution is -2.37. The van der Waals surface area contributed by atoms with Gasteiger partial charge in [-0.2, -0.15) is 0 Å². The summed E-state index contributed by atoms with van der Waals surface area (Å²) in [6.45, 7) is 0.493. The van der Waals surface area contributed by atoms with E-state index < -0.39 is 21.8 Å². The van der Waals surface area contributed by atoms with Gasteiger partial charge in [-0.15, -0.1) is 0 Å². The van der Waals surface area contributed by atoms with E-state index in [2.05, 4.69) is 5.32 Å². The lowest BCUT2D eigenvalue weighted by atomic mass is 10.3. The standard InChI is InChI=1S/C12H14N2O5S/c1-20(17,18)10-4-2-9(3-5-10)19-8-11(15)14-7-6-13-12(14)16/h2-5H,6-8H2,1H3,(H,13,16).